The van der Waals surface area contributed by atoms with E-state index >= 15 is 0 Å². The molecule has 43 heavy (non-hydrogen) atoms. The van der Waals surface area contributed by atoms with Crippen LogP contribution < -0.4 is 21.3 Å². The van der Waals surface area contributed by atoms with Gasteiger partial charge in [-0.25, -0.2) is 0 Å². The van der Waals surface area contributed by atoms with Crippen LogP contribution in [-0.2, 0) is 28.8 Å². The lowest BCUT2D eigenvalue weighted by Crippen LogP contribution is -2.60. The van der Waals surface area contributed by atoms with Crippen molar-refractivity contribution in [3.05, 3.63) is 0 Å². The van der Waals surface area contributed by atoms with Crippen LogP contribution in [0.3, 0.4) is 0 Å². The van der Waals surface area contributed by atoms with Crippen molar-refractivity contribution < 1.29 is 28.8 Å². The molecule has 1 heterocycles. The molecule has 0 aromatic rings. The van der Waals surface area contributed by atoms with E-state index in [1.807, 2.05) is 13.8 Å². The van der Waals surface area contributed by atoms with Gasteiger partial charge in [-0.05, 0) is 69.6 Å². The molecule has 0 spiro atoms. The normalized spacial score (nSPS) is 21.7. The smallest absolute Gasteiger partial charge is 0.289 e. The molecule has 3 rings (SSSR count). The number of hydrogen-bond donors (Lipinski definition) is 4. The number of amides is 5. The molecule has 3 fully saturated rings. The number of piperidine rings is 1. The predicted molar refractivity (Wildman–Crippen MR) is 162 cm³/mol. The molecule has 0 radical (unpaired) electrons. The minimum absolute atomic E-state index is 0.00684. The summed E-state index contributed by atoms with van der Waals surface area (Å²) in [5, 5.41) is 11.3. The first-order valence-electron chi connectivity index (χ1n) is 16.2. The minimum Gasteiger partial charge on any atom is -0.356 e. The van der Waals surface area contributed by atoms with E-state index in [4.69, 9.17) is 0 Å². The van der Waals surface area contributed by atoms with Crippen LogP contribution in [0.4, 0.5) is 0 Å². The van der Waals surface area contributed by atoms with Crippen LogP contribution in [-0.4, -0.2) is 78.0 Å². The van der Waals surface area contributed by atoms with Gasteiger partial charge in [0.1, 0.15) is 12.1 Å². The Kier molecular flexibility index (Phi) is 12.2. The second-order valence-electron chi connectivity index (χ2n) is 14.2. The maximum atomic E-state index is 14.0. The van der Waals surface area contributed by atoms with E-state index < -0.39 is 47.1 Å². The van der Waals surface area contributed by atoms with Gasteiger partial charge in [-0.1, -0.05) is 47.5 Å². The second kappa shape index (κ2) is 15.1. The second-order valence-corrected chi connectivity index (χ2v) is 14.2. The largest absolute Gasteiger partial charge is 0.356 e. The Balaban J connectivity index is 1.83. The molecule has 11 nitrogen and oxygen atoms in total. The maximum Gasteiger partial charge on any atom is 0.289 e. The molecule has 1 saturated heterocycles. The first kappa shape index (κ1) is 34.5. The number of likely N-dealkylation sites (N-methyl/N-ethyl adjacent to an activating group) is 1. The molecule has 4 N–H and O–H groups in total. The van der Waals surface area contributed by atoms with Gasteiger partial charge in [0.2, 0.25) is 29.4 Å². The number of Topliss-reactive ketones (excluding diaryl/α,β-unsaturated/α-hetero) is 1. The molecule has 1 aliphatic heterocycles. The Bertz CT molecular complexity index is 1040. The molecule has 0 aromatic carbocycles. The molecule has 11 heteroatoms. The van der Waals surface area contributed by atoms with Crippen molar-refractivity contribution in [1.82, 2.24) is 26.2 Å². The summed E-state index contributed by atoms with van der Waals surface area (Å²) in [6.07, 6.45) is 7.79. The van der Waals surface area contributed by atoms with Crippen LogP contribution in [0, 0.1) is 23.2 Å². The average molecular weight is 604 g/mol. The molecule has 2 saturated carbocycles. The van der Waals surface area contributed by atoms with Crippen LogP contribution in [0.1, 0.15) is 105 Å². The van der Waals surface area contributed by atoms with Gasteiger partial charge in [-0.3, -0.25) is 28.8 Å². The van der Waals surface area contributed by atoms with E-state index in [1.165, 1.54) is 4.90 Å². The molecule has 2 aliphatic carbocycles. The van der Waals surface area contributed by atoms with E-state index in [-0.39, 0.29) is 42.0 Å². The number of carbonyl (C=O) groups excluding carboxylic acids is 6. The fourth-order valence-electron chi connectivity index (χ4n) is 6.10. The summed E-state index contributed by atoms with van der Waals surface area (Å²) >= 11 is 0. The highest BCUT2D eigenvalue weighted by Crippen LogP contribution is 2.30. The zero-order valence-electron chi connectivity index (χ0n) is 26.9. The predicted octanol–water partition coefficient (Wildman–Crippen LogP) is 2.22. The van der Waals surface area contributed by atoms with E-state index in [1.54, 1.807) is 27.8 Å². The number of nitrogens with one attached hydrogen (secondary N) is 4. The van der Waals surface area contributed by atoms with Crippen LogP contribution in [0.15, 0.2) is 0 Å². The molecule has 0 aromatic heterocycles. The Labute approximate surface area is 256 Å². The third-order valence-corrected chi connectivity index (χ3v) is 9.13. The Hall–Kier alpha value is -2.98. The molecule has 0 unspecified atom stereocenters. The van der Waals surface area contributed by atoms with Gasteiger partial charge < -0.3 is 26.2 Å². The lowest BCUT2D eigenvalue weighted by Gasteiger charge is -2.35. The molecule has 242 valence electrons. The van der Waals surface area contributed by atoms with Gasteiger partial charge in [-0.2, -0.15) is 0 Å². The van der Waals surface area contributed by atoms with E-state index in [9.17, 15) is 28.8 Å². The van der Waals surface area contributed by atoms with Crippen LogP contribution in [0.2, 0.25) is 0 Å². The lowest BCUT2D eigenvalue weighted by molar-refractivity contribution is -0.146. The standard InChI is InChI=1S/C32H53N5O6/c1-19(2)17-24(37(6)30(42)25(20-11-7-8-12-20)36-31(43)32(3,4)5)28(40)35-23(18-21-13-10-16-33-27(21)39)26(38)29(41)34-22-14-9-15-22/h19-25H,7-18H2,1-6H3,(H,33,39)(H,34,41)(H,35,40)(H,36,43)/t21-,23-,24-,25+/m0/s1. The number of ketones is 1. The van der Waals surface area contributed by atoms with Crippen LogP contribution in [0.25, 0.3) is 0 Å². The summed E-state index contributed by atoms with van der Waals surface area (Å²) in [5.41, 5.74) is -0.691. The first-order chi connectivity index (χ1) is 20.2. The van der Waals surface area contributed by atoms with Gasteiger partial charge in [0.05, 0.1) is 6.04 Å². The Morgan fingerprint density at radius 3 is 2.12 bits per heavy atom. The zero-order valence-corrected chi connectivity index (χ0v) is 26.9. The SMILES string of the molecule is CC(C)C[C@@H](C(=O)N[C@@H](C[C@@H]1CCCNC1=O)C(=O)C(=O)NC1CCC1)N(C)C(=O)[C@H](NC(=O)C(C)(C)C)C1CCCC1. The van der Waals surface area contributed by atoms with E-state index in [2.05, 4.69) is 21.3 Å². The molecule has 0 bridgehead atoms. The Morgan fingerprint density at radius 2 is 1.58 bits per heavy atom. The van der Waals surface area contributed by atoms with Gasteiger partial charge >= 0.3 is 0 Å². The zero-order chi connectivity index (χ0) is 31.9. The number of nitrogens with zero attached hydrogens (tertiary/aromatic N) is 1. The quantitative estimate of drug-likeness (QED) is 0.237. The van der Waals surface area contributed by atoms with Crippen molar-refractivity contribution in [3.8, 4) is 0 Å². The number of rotatable bonds is 13. The number of hydrogen-bond acceptors (Lipinski definition) is 6. The topological polar surface area (TPSA) is 154 Å². The third kappa shape index (κ3) is 9.50. The Morgan fingerprint density at radius 1 is 0.930 bits per heavy atom. The van der Waals surface area contributed by atoms with Gasteiger partial charge in [0, 0.05) is 31.0 Å². The average Bonchev–Trinajstić information content (AvgIpc) is 3.45. The molecule has 5 amide bonds. The summed E-state index contributed by atoms with van der Waals surface area (Å²) in [5.74, 6) is -3.38. The van der Waals surface area contributed by atoms with Crippen LogP contribution >= 0.6 is 0 Å². The summed E-state index contributed by atoms with van der Waals surface area (Å²) < 4.78 is 0. The summed E-state index contributed by atoms with van der Waals surface area (Å²) in [7, 11) is 1.56. The number of carbonyl (C=O) groups is 6. The highest BCUT2D eigenvalue weighted by molar-refractivity contribution is 6.38. The molecule has 4 atom stereocenters. The van der Waals surface area contributed by atoms with E-state index in [0.717, 1.165) is 51.4 Å². The van der Waals surface area contributed by atoms with Gasteiger partial charge in [0.15, 0.2) is 0 Å². The fourth-order valence-corrected chi connectivity index (χ4v) is 6.10. The molecule has 3 aliphatic rings. The van der Waals surface area contributed by atoms with Gasteiger partial charge in [0.25, 0.3) is 5.91 Å². The molecular formula is C32H53N5O6. The third-order valence-electron chi connectivity index (χ3n) is 9.13. The highest BCUT2D eigenvalue weighted by atomic mass is 16.2. The van der Waals surface area contributed by atoms with Gasteiger partial charge in [-0.15, -0.1) is 0 Å². The van der Waals surface area contributed by atoms with Crippen molar-refractivity contribution in [1.29, 1.82) is 0 Å². The van der Waals surface area contributed by atoms with Crippen LogP contribution in [0.5, 0.6) is 0 Å². The monoisotopic (exact) mass is 603 g/mol. The van der Waals surface area contributed by atoms with Crippen molar-refractivity contribution in [2.24, 2.45) is 23.2 Å². The highest BCUT2D eigenvalue weighted by Gasteiger charge is 2.41. The minimum atomic E-state index is -1.20. The van der Waals surface area contributed by atoms with Crippen molar-refractivity contribution >= 4 is 35.3 Å². The molecular weight excluding hydrogens is 550 g/mol. The van der Waals surface area contributed by atoms with Crippen molar-refractivity contribution in [2.75, 3.05) is 13.6 Å². The van der Waals surface area contributed by atoms with E-state index in [0.29, 0.717) is 19.4 Å². The van der Waals surface area contributed by atoms with Crippen molar-refractivity contribution in [3.63, 3.8) is 0 Å². The fraction of sp³-hybridized carbons (Fsp3) is 0.812. The lowest BCUT2D eigenvalue weighted by atomic mass is 9.88. The maximum absolute atomic E-state index is 14.0. The summed E-state index contributed by atoms with van der Waals surface area (Å²) in [6.45, 7) is 9.82. The van der Waals surface area contributed by atoms with Crippen molar-refractivity contribution in [2.45, 2.75) is 129 Å². The summed E-state index contributed by atoms with van der Waals surface area (Å²) in [4.78, 5) is 81.1. The first-order valence-corrected chi connectivity index (χ1v) is 16.2. The summed E-state index contributed by atoms with van der Waals surface area (Å²) in [6, 6.07) is -2.96.